The smallest absolute Gasteiger partial charge is 0.366 e. The van der Waals surface area contributed by atoms with E-state index in [0.29, 0.717) is 24.9 Å². The molecule has 126 valence electrons. The van der Waals surface area contributed by atoms with Gasteiger partial charge < -0.3 is 11.1 Å². The fourth-order valence-corrected chi connectivity index (χ4v) is 2.63. The third-order valence-corrected chi connectivity index (χ3v) is 3.68. The zero-order valence-electron chi connectivity index (χ0n) is 12.4. The molecule has 0 saturated carbocycles. The minimum absolute atomic E-state index is 0.171. The number of nitrogens with one attached hydrogen (secondary N) is 1. The highest BCUT2D eigenvalue weighted by Gasteiger charge is 2.33. The van der Waals surface area contributed by atoms with Crippen LogP contribution < -0.4 is 11.1 Å². The number of nitrogens with two attached hydrogens (primary N) is 1. The quantitative estimate of drug-likeness (QED) is 0.880. The number of piperidine rings is 1. The standard InChI is InChI=1S/C15H18F3N3O2/c16-15(17,18)9-21-7-1-2-12(8-21)20-14(23)11-5-3-10(4-6-11)13(19)22/h3-6,12H,1-2,7-9H2,(H2,19,22)(H,20,23)/t12-/m0/s1. The molecule has 0 spiro atoms. The van der Waals surface area contributed by atoms with E-state index < -0.39 is 18.6 Å². The summed E-state index contributed by atoms with van der Waals surface area (Å²) in [4.78, 5) is 24.4. The summed E-state index contributed by atoms with van der Waals surface area (Å²) >= 11 is 0. The summed E-state index contributed by atoms with van der Waals surface area (Å²) in [6.07, 6.45) is -3.00. The summed E-state index contributed by atoms with van der Waals surface area (Å²) in [5, 5.41) is 2.74. The molecule has 8 heteroatoms. The second-order valence-electron chi connectivity index (χ2n) is 5.60. The Kier molecular flexibility index (Phi) is 5.25. The highest BCUT2D eigenvalue weighted by Crippen LogP contribution is 2.20. The fourth-order valence-electron chi connectivity index (χ4n) is 2.63. The lowest BCUT2D eigenvalue weighted by Gasteiger charge is -2.33. The molecular weight excluding hydrogens is 311 g/mol. The Morgan fingerprint density at radius 2 is 1.83 bits per heavy atom. The van der Waals surface area contributed by atoms with Crippen molar-refractivity contribution in [2.75, 3.05) is 19.6 Å². The number of nitrogens with zero attached hydrogens (tertiary/aromatic N) is 1. The number of carbonyl (C=O) groups excluding carboxylic acids is 2. The summed E-state index contributed by atoms with van der Waals surface area (Å²) in [6, 6.07) is 5.48. The van der Waals surface area contributed by atoms with Crippen LogP contribution in [0.3, 0.4) is 0 Å². The van der Waals surface area contributed by atoms with Crippen LogP contribution in [0, 0.1) is 0 Å². The first-order valence-corrected chi connectivity index (χ1v) is 7.24. The first-order chi connectivity index (χ1) is 10.7. The minimum atomic E-state index is -4.24. The molecule has 3 N–H and O–H groups in total. The van der Waals surface area contributed by atoms with E-state index in [-0.39, 0.29) is 24.1 Å². The molecule has 0 unspecified atom stereocenters. The van der Waals surface area contributed by atoms with Crippen LogP contribution in [0.1, 0.15) is 33.6 Å². The number of benzene rings is 1. The minimum Gasteiger partial charge on any atom is -0.366 e. The third-order valence-electron chi connectivity index (χ3n) is 3.68. The van der Waals surface area contributed by atoms with Crippen LogP contribution in [-0.4, -0.2) is 48.6 Å². The Balaban J connectivity index is 1.92. The molecule has 1 aliphatic heterocycles. The molecule has 1 atom stereocenters. The van der Waals surface area contributed by atoms with E-state index >= 15 is 0 Å². The van der Waals surface area contributed by atoms with Gasteiger partial charge in [-0.05, 0) is 43.7 Å². The van der Waals surface area contributed by atoms with Gasteiger partial charge in [0.1, 0.15) is 0 Å². The maximum atomic E-state index is 12.4. The maximum absolute atomic E-state index is 12.4. The second kappa shape index (κ2) is 6.99. The van der Waals surface area contributed by atoms with Gasteiger partial charge in [-0.2, -0.15) is 13.2 Å². The van der Waals surface area contributed by atoms with Crippen molar-refractivity contribution in [2.24, 2.45) is 5.73 Å². The van der Waals surface area contributed by atoms with Gasteiger partial charge in [0.25, 0.3) is 5.91 Å². The average Bonchev–Trinajstić information content (AvgIpc) is 2.46. The normalized spacial score (nSPS) is 19.3. The topological polar surface area (TPSA) is 75.4 Å². The largest absolute Gasteiger partial charge is 0.401 e. The monoisotopic (exact) mass is 329 g/mol. The third kappa shape index (κ3) is 5.24. The van der Waals surface area contributed by atoms with Crippen LogP contribution in [0.5, 0.6) is 0 Å². The summed E-state index contributed by atoms with van der Waals surface area (Å²) in [5.74, 6) is -0.966. The van der Waals surface area contributed by atoms with Crippen LogP contribution in [0.4, 0.5) is 13.2 Å². The molecule has 1 aliphatic rings. The Morgan fingerprint density at radius 1 is 1.22 bits per heavy atom. The van der Waals surface area contributed by atoms with Crippen molar-refractivity contribution in [1.82, 2.24) is 10.2 Å². The van der Waals surface area contributed by atoms with Crippen molar-refractivity contribution in [2.45, 2.75) is 25.1 Å². The molecule has 2 rings (SSSR count). The van der Waals surface area contributed by atoms with E-state index in [1.165, 1.54) is 29.2 Å². The number of hydrogen-bond acceptors (Lipinski definition) is 3. The molecule has 0 radical (unpaired) electrons. The van der Waals surface area contributed by atoms with Crippen LogP contribution in [0.15, 0.2) is 24.3 Å². The lowest BCUT2D eigenvalue weighted by Crippen LogP contribution is -2.49. The van der Waals surface area contributed by atoms with Crippen molar-refractivity contribution in [3.63, 3.8) is 0 Å². The van der Waals surface area contributed by atoms with Gasteiger partial charge in [-0.25, -0.2) is 0 Å². The molecule has 1 saturated heterocycles. The summed E-state index contributed by atoms with van der Waals surface area (Å²) in [5.41, 5.74) is 5.74. The Morgan fingerprint density at radius 3 is 2.39 bits per heavy atom. The average molecular weight is 329 g/mol. The predicted octanol–water partition coefficient (Wildman–Crippen LogP) is 1.54. The molecule has 0 bridgehead atoms. The van der Waals surface area contributed by atoms with Gasteiger partial charge in [-0.3, -0.25) is 14.5 Å². The Bertz CT molecular complexity index is 572. The number of rotatable bonds is 4. The van der Waals surface area contributed by atoms with Gasteiger partial charge in [-0.1, -0.05) is 0 Å². The Hall–Kier alpha value is -2.09. The number of hydrogen-bond donors (Lipinski definition) is 2. The molecule has 1 aromatic rings. The highest BCUT2D eigenvalue weighted by molar-refractivity contribution is 5.97. The molecule has 5 nitrogen and oxygen atoms in total. The predicted molar refractivity (Wildman–Crippen MR) is 77.9 cm³/mol. The van der Waals surface area contributed by atoms with Crippen molar-refractivity contribution >= 4 is 11.8 Å². The molecule has 23 heavy (non-hydrogen) atoms. The zero-order chi connectivity index (χ0) is 17.0. The van der Waals surface area contributed by atoms with Crippen LogP contribution >= 0.6 is 0 Å². The summed E-state index contributed by atoms with van der Waals surface area (Å²) in [6.45, 7) is -0.420. The number of amides is 2. The number of primary amides is 1. The second-order valence-corrected chi connectivity index (χ2v) is 5.60. The number of carbonyl (C=O) groups is 2. The van der Waals surface area contributed by atoms with Crippen LogP contribution in [0.2, 0.25) is 0 Å². The fraction of sp³-hybridized carbons (Fsp3) is 0.467. The molecule has 0 aromatic heterocycles. The van der Waals surface area contributed by atoms with E-state index in [9.17, 15) is 22.8 Å². The van der Waals surface area contributed by atoms with E-state index in [4.69, 9.17) is 5.73 Å². The maximum Gasteiger partial charge on any atom is 0.401 e. The van der Waals surface area contributed by atoms with E-state index in [1.54, 1.807) is 0 Å². The van der Waals surface area contributed by atoms with Crippen molar-refractivity contribution < 1.29 is 22.8 Å². The van der Waals surface area contributed by atoms with Gasteiger partial charge in [0.2, 0.25) is 5.91 Å². The molecule has 1 aromatic carbocycles. The van der Waals surface area contributed by atoms with Crippen LogP contribution in [-0.2, 0) is 0 Å². The Labute approximate surface area is 131 Å². The lowest BCUT2D eigenvalue weighted by molar-refractivity contribution is -0.148. The number of likely N-dealkylation sites (tertiary alicyclic amines) is 1. The van der Waals surface area contributed by atoms with Gasteiger partial charge in [0, 0.05) is 23.7 Å². The molecule has 2 amide bonds. The van der Waals surface area contributed by atoms with Gasteiger partial charge in [0.05, 0.1) is 6.54 Å². The van der Waals surface area contributed by atoms with Crippen molar-refractivity contribution in [3.8, 4) is 0 Å². The van der Waals surface area contributed by atoms with Crippen molar-refractivity contribution in [3.05, 3.63) is 35.4 Å². The molecule has 1 fully saturated rings. The first-order valence-electron chi connectivity index (χ1n) is 7.24. The summed E-state index contributed by atoms with van der Waals surface area (Å²) < 4.78 is 37.3. The molecular formula is C15H18F3N3O2. The summed E-state index contributed by atoms with van der Waals surface area (Å²) in [7, 11) is 0. The van der Waals surface area contributed by atoms with E-state index in [2.05, 4.69) is 5.32 Å². The van der Waals surface area contributed by atoms with Gasteiger partial charge in [-0.15, -0.1) is 0 Å². The lowest BCUT2D eigenvalue weighted by atomic mass is 10.0. The van der Waals surface area contributed by atoms with Gasteiger partial charge >= 0.3 is 6.18 Å². The number of halogens is 3. The molecule has 0 aliphatic carbocycles. The van der Waals surface area contributed by atoms with E-state index in [0.717, 1.165) is 0 Å². The zero-order valence-corrected chi connectivity index (χ0v) is 12.4. The molecule has 1 heterocycles. The first kappa shape index (κ1) is 17.3. The van der Waals surface area contributed by atoms with Crippen LogP contribution in [0.25, 0.3) is 0 Å². The SMILES string of the molecule is NC(=O)c1ccc(C(=O)N[C@H]2CCCN(CC(F)(F)F)C2)cc1. The van der Waals surface area contributed by atoms with Crippen molar-refractivity contribution in [1.29, 1.82) is 0 Å². The number of alkyl halides is 3. The highest BCUT2D eigenvalue weighted by atomic mass is 19.4. The van der Waals surface area contributed by atoms with Gasteiger partial charge in [0.15, 0.2) is 0 Å². The van der Waals surface area contributed by atoms with E-state index in [1.807, 2.05) is 0 Å².